The maximum Gasteiger partial charge on any atom is 0.303 e. The number of para-hydroxylation sites is 1. The summed E-state index contributed by atoms with van der Waals surface area (Å²) in [6.45, 7) is 4.68. The van der Waals surface area contributed by atoms with Crippen molar-refractivity contribution in [2.24, 2.45) is 0 Å². The summed E-state index contributed by atoms with van der Waals surface area (Å²) in [7, 11) is 0. The van der Waals surface area contributed by atoms with Gasteiger partial charge in [0, 0.05) is 30.1 Å². The molecular weight excluding hydrogens is 238 g/mol. The van der Waals surface area contributed by atoms with Gasteiger partial charge in [-0.3, -0.25) is 4.79 Å². The lowest BCUT2D eigenvalue weighted by Crippen LogP contribution is -1.97. The molecule has 0 bridgehead atoms. The van der Waals surface area contributed by atoms with E-state index in [1.165, 1.54) is 10.9 Å². The SMILES string of the molecule is C=CCCCn1cc(CCC(=O)O)c2ccccc21. The Morgan fingerprint density at radius 2 is 2.16 bits per heavy atom. The second-order valence-electron chi connectivity index (χ2n) is 4.69. The molecule has 0 amide bonds. The van der Waals surface area contributed by atoms with Gasteiger partial charge in [-0.25, -0.2) is 0 Å². The number of rotatable bonds is 7. The van der Waals surface area contributed by atoms with Crippen molar-refractivity contribution in [3.8, 4) is 0 Å². The Balaban J connectivity index is 2.25. The first-order valence-electron chi connectivity index (χ1n) is 6.62. The molecule has 0 atom stereocenters. The predicted octanol–water partition coefficient (Wildman–Crippen LogP) is 3.62. The molecule has 2 rings (SSSR count). The molecule has 2 aromatic rings. The summed E-state index contributed by atoms with van der Waals surface area (Å²) in [5, 5.41) is 9.98. The first-order chi connectivity index (χ1) is 9.22. The quantitative estimate of drug-likeness (QED) is 0.608. The third kappa shape index (κ3) is 3.25. The molecule has 19 heavy (non-hydrogen) atoms. The van der Waals surface area contributed by atoms with Crippen LogP contribution in [-0.2, 0) is 17.8 Å². The van der Waals surface area contributed by atoms with Gasteiger partial charge >= 0.3 is 5.97 Å². The van der Waals surface area contributed by atoms with Gasteiger partial charge < -0.3 is 9.67 Å². The van der Waals surface area contributed by atoms with E-state index in [2.05, 4.69) is 29.5 Å². The molecule has 0 aliphatic carbocycles. The topological polar surface area (TPSA) is 42.2 Å². The van der Waals surface area contributed by atoms with Crippen LogP contribution in [0.4, 0.5) is 0 Å². The summed E-state index contributed by atoms with van der Waals surface area (Å²) >= 11 is 0. The number of hydrogen-bond acceptors (Lipinski definition) is 1. The third-order valence-electron chi connectivity index (χ3n) is 3.29. The van der Waals surface area contributed by atoms with Crippen molar-refractivity contribution in [3.63, 3.8) is 0 Å². The lowest BCUT2D eigenvalue weighted by molar-refractivity contribution is -0.136. The fraction of sp³-hybridized carbons (Fsp3) is 0.312. The van der Waals surface area contributed by atoms with E-state index in [1.807, 2.05) is 18.2 Å². The molecule has 0 radical (unpaired) electrons. The number of unbranched alkanes of at least 4 members (excludes halogenated alkanes) is 1. The number of benzene rings is 1. The normalized spacial score (nSPS) is 10.7. The van der Waals surface area contributed by atoms with Crippen LogP contribution >= 0.6 is 0 Å². The second-order valence-corrected chi connectivity index (χ2v) is 4.69. The van der Waals surface area contributed by atoms with E-state index >= 15 is 0 Å². The second kappa shape index (κ2) is 6.23. The van der Waals surface area contributed by atoms with E-state index in [0.717, 1.165) is 24.9 Å². The molecule has 0 saturated carbocycles. The van der Waals surface area contributed by atoms with Gasteiger partial charge in [0.2, 0.25) is 0 Å². The van der Waals surface area contributed by atoms with Crippen molar-refractivity contribution in [1.29, 1.82) is 0 Å². The fourth-order valence-corrected chi connectivity index (χ4v) is 2.35. The first kappa shape index (κ1) is 13.4. The van der Waals surface area contributed by atoms with E-state index in [4.69, 9.17) is 5.11 Å². The van der Waals surface area contributed by atoms with Crippen molar-refractivity contribution >= 4 is 16.9 Å². The van der Waals surface area contributed by atoms with E-state index in [-0.39, 0.29) is 6.42 Å². The van der Waals surface area contributed by atoms with Crippen LogP contribution in [0.2, 0.25) is 0 Å². The molecule has 1 aromatic carbocycles. The van der Waals surface area contributed by atoms with Crippen LogP contribution in [0, 0.1) is 0 Å². The molecule has 1 heterocycles. The average molecular weight is 257 g/mol. The average Bonchev–Trinajstić information content (AvgIpc) is 2.76. The Morgan fingerprint density at radius 1 is 1.37 bits per heavy atom. The highest BCUT2D eigenvalue weighted by Crippen LogP contribution is 2.23. The lowest BCUT2D eigenvalue weighted by atomic mass is 10.1. The molecule has 3 nitrogen and oxygen atoms in total. The summed E-state index contributed by atoms with van der Waals surface area (Å²) in [5.74, 6) is -0.747. The summed E-state index contributed by atoms with van der Waals surface area (Å²) in [6.07, 6.45) is 6.84. The number of aromatic nitrogens is 1. The molecule has 0 fully saturated rings. The van der Waals surface area contributed by atoms with Gasteiger partial charge in [-0.05, 0) is 30.9 Å². The number of carboxylic acids is 1. The summed E-state index contributed by atoms with van der Waals surface area (Å²) < 4.78 is 2.22. The Labute approximate surface area is 113 Å². The van der Waals surface area contributed by atoms with Crippen molar-refractivity contribution in [1.82, 2.24) is 4.57 Å². The molecule has 0 unspecified atom stereocenters. The van der Waals surface area contributed by atoms with Gasteiger partial charge in [0.15, 0.2) is 0 Å². The van der Waals surface area contributed by atoms with Crippen LogP contribution in [0.1, 0.15) is 24.8 Å². The minimum Gasteiger partial charge on any atom is -0.481 e. The molecule has 0 spiro atoms. The largest absolute Gasteiger partial charge is 0.481 e. The molecule has 3 heteroatoms. The van der Waals surface area contributed by atoms with Crippen LogP contribution in [0.5, 0.6) is 0 Å². The highest BCUT2D eigenvalue weighted by Gasteiger charge is 2.09. The van der Waals surface area contributed by atoms with Crippen LogP contribution < -0.4 is 0 Å². The number of carboxylic acid groups (broad SMARTS) is 1. The van der Waals surface area contributed by atoms with E-state index in [0.29, 0.717) is 6.42 Å². The van der Waals surface area contributed by atoms with Gasteiger partial charge in [-0.15, -0.1) is 6.58 Å². The summed E-state index contributed by atoms with van der Waals surface area (Å²) in [6, 6.07) is 8.18. The van der Waals surface area contributed by atoms with Crippen molar-refractivity contribution in [2.45, 2.75) is 32.2 Å². The first-order valence-corrected chi connectivity index (χ1v) is 6.62. The number of aliphatic carboxylic acids is 1. The van der Waals surface area contributed by atoms with Gasteiger partial charge in [0.1, 0.15) is 0 Å². The molecule has 0 aliphatic rings. The summed E-state index contributed by atoms with van der Waals surface area (Å²) in [5.41, 5.74) is 2.31. The third-order valence-corrected chi connectivity index (χ3v) is 3.29. The van der Waals surface area contributed by atoms with E-state index in [9.17, 15) is 4.79 Å². The Hall–Kier alpha value is -2.03. The van der Waals surface area contributed by atoms with Crippen LogP contribution in [-0.4, -0.2) is 15.6 Å². The minimum atomic E-state index is -0.747. The number of fused-ring (bicyclic) bond motifs is 1. The molecule has 1 aromatic heterocycles. The molecule has 100 valence electrons. The monoisotopic (exact) mass is 257 g/mol. The predicted molar refractivity (Wildman–Crippen MR) is 77.3 cm³/mol. The standard InChI is InChI=1S/C16H19NO2/c1-2-3-6-11-17-12-13(9-10-16(18)19)14-7-4-5-8-15(14)17/h2,4-5,7-8,12H,1,3,6,9-11H2,(H,18,19). The number of allylic oxidation sites excluding steroid dienone is 1. The highest BCUT2D eigenvalue weighted by atomic mass is 16.4. The smallest absolute Gasteiger partial charge is 0.303 e. The van der Waals surface area contributed by atoms with E-state index in [1.54, 1.807) is 0 Å². The number of aryl methyl sites for hydroxylation is 2. The zero-order valence-electron chi connectivity index (χ0n) is 11.0. The zero-order valence-corrected chi connectivity index (χ0v) is 11.0. The number of hydrogen-bond donors (Lipinski definition) is 1. The van der Waals surface area contributed by atoms with Crippen molar-refractivity contribution in [2.75, 3.05) is 0 Å². The molecule has 0 saturated heterocycles. The Morgan fingerprint density at radius 3 is 2.89 bits per heavy atom. The van der Waals surface area contributed by atoms with Gasteiger partial charge in [0.25, 0.3) is 0 Å². The lowest BCUT2D eigenvalue weighted by Gasteiger charge is -2.03. The van der Waals surface area contributed by atoms with Crippen LogP contribution in [0.3, 0.4) is 0 Å². The number of carbonyl (C=O) groups is 1. The zero-order chi connectivity index (χ0) is 13.7. The molecule has 0 aliphatic heterocycles. The fourth-order valence-electron chi connectivity index (χ4n) is 2.35. The summed E-state index contributed by atoms with van der Waals surface area (Å²) in [4.78, 5) is 10.7. The van der Waals surface area contributed by atoms with Crippen LogP contribution in [0.25, 0.3) is 10.9 Å². The Bertz CT molecular complexity index is 583. The maximum absolute atomic E-state index is 10.7. The Kier molecular flexibility index (Phi) is 4.39. The van der Waals surface area contributed by atoms with Crippen LogP contribution in [0.15, 0.2) is 43.1 Å². The van der Waals surface area contributed by atoms with E-state index < -0.39 is 5.97 Å². The molecular formula is C16H19NO2. The van der Waals surface area contributed by atoms with Crippen molar-refractivity contribution < 1.29 is 9.90 Å². The van der Waals surface area contributed by atoms with Gasteiger partial charge in [-0.2, -0.15) is 0 Å². The molecule has 1 N–H and O–H groups in total. The maximum atomic E-state index is 10.7. The van der Waals surface area contributed by atoms with Gasteiger partial charge in [-0.1, -0.05) is 24.3 Å². The number of nitrogens with zero attached hydrogens (tertiary/aromatic N) is 1. The van der Waals surface area contributed by atoms with Crippen molar-refractivity contribution in [3.05, 3.63) is 48.7 Å². The van der Waals surface area contributed by atoms with Gasteiger partial charge in [0.05, 0.1) is 0 Å². The highest BCUT2D eigenvalue weighted by molar-refractivity contribution is 5.84. The minimum absolute atomic E-state index is 0.181.